The van der Waals surface area contributed by atoms with Crippen LogP contribution in [0.3, 0.4) is 0 Å². The van der Waals surface area contributed by atoms with Gasteiger partial charge in [0.1, 0.15) is 6.20 Å². The van der Waals surface area contributed by atoms with Crippen molar-refractivity contribution in [2.24, 2.45) is 5.84 Å². The molecule has 19 heavy (non-hydrogen) atoms. The number of hydrogen-bond acceptors (Lipinski definition) is 8. The van der Waals surface area contributed by atoms with Gasteiger partial charge in [0.05, 0.1) is 17.6 Å². The molecule has 1 unspecified atom stereocenters. The number of anilines is 2. The molecular formula is C10H18N6O3. The molecule has 0 fully saturated rings. The number of nitrogens with zero attached hydrogens (tertiary/aromatic N) is 4. The second-order valence-electron chi connectivity index (χ2n) is 3.89. The van der Waals surface area contributed by atoms with Crippen LogP contribution in [0, 0.1) is 10.1 Å². The first-order valence-corrected chi connectivity index (χ1v) is 5.78. The molecule has 0 radical (unpaired) electrons. The lowest BCUT2D eigenvalue weighted by atomic mass is 10.3. The molecule has 106 valence electrons. The minimum absolute atomic E-state index is 0.0609. The molecule has 0 aliphatic rings. The number of nitrogens with two attached hydrogens (primary N) is 1. The van der Waals surface area contributed by atoms with E-state index in [0.29, 0.717) is 13.2 Å². The molecule has 0 saturated heterocycles. The molecule has 0 spiro atoms. The molecule has 1 rings (SSSR count). The van der Waals surface area contributed by atoms with Gasteiger partial charge in [-0.1, -0.05) is 0 Å². The lowest BCUT2D eigenvalue weighted by Gasteiger charge is -2.28. The van der Waals surface area contributed by atoms with E-state index in [-0.39, 0.29) is 23.5 Å². The molecule has 0 aromatic carbocycles. The summed E-state index contributed by atoms with van der Waals surface area (Å²) in [5, 5.41) is 11.0. The van der Waals surface area contributed by atoms with Crippen LogP contribution in [0.2, 0.25) is 0 Å². The average Bonchev–Trinajstić information content (AvgIpc) is 2.39. The fourth-order valence-electron chi connectivity index (χ4n) is 1.78. The van der Waals surface area contributed by atoms with Crippen molar-refractivity contribution in [1.29, 1.82) is 0 Å². The Hall–Kier alpha value is -2.00. The zero-order valence-electron chi connectivity index (χ0n) is 11.2. The van der Waals surface area contributed by atoms with Gasteiger partial charge < -0.3 is 9.64 Å². The maximum absolute atomic E-state index is 11.0. The quantitative estimate of drug-likeness (QED) is 0.418. The molecule has 3 N–H and O–H groups in total. The van der Waals surface area contributed by atoms with E-state index in [2.05, 4.69) is 15.4 Å². The smallest absolute Gasteiger partial charge is 0.329 e. The normalized spacial score (nSPS) is 12.0. The standard InChI is InChI=1S/C10H18N6O3/c1-4-15(7(2)6-19-3)9-8(16(17)18)5-12-10(13-9)14-11/h5,7H,4,6,11H2,1-3H3,(H,12,13,14). The molecular weight excluding hydrogens is 252 g/mol. The van der Waals surface area contributed by atoms with Gasteiger partial charge in [-0.05, 0) is 13.8 Å². The Morgan fingerprint density at radius 1 is 1.68 bits per heavy atom. The summed E-state index contributed by atoms with van der Waals surface area (Å²) in [5.74, 6) is 5.58. The van der Waals surface area contributed by atoms with E-state index in [9.17, 15) is 10.1 Å². The zero-order valence-corrected chi connectivity index (χ0v) is 11.2. The van der Waals surface area contributed by atoms with Gasteiger partial charge in [0.25, 0.3) is 0 Å². The fraction of sp³-hybridized carbons (Fsp3) is 0.600. The van der Waals surface area contributed by atoms with Gasteiger partial charge in [0.2, 0.25) is 11.8 Å². The molecule has 9 heteroatoms. The zero-order chi connectivity index (χ0) is 14.4. The molecule has 1 aromatic heterocycles. The summed E-state index contributed by atoms with van der Waals surface area (Å²) in [6, 6.07) is -0.0609. The minimum atomic E-state index is -0.516. The summed E-state index contributed by atoms with van der Waals surface area (Å²) in [7, 11) is 1.57. The van der Waals surface area contributed by atoms with Crippen LogP contribution in [-0.4, -0.2) is 41.2 Å². The Bertz CT molecular complexity index is 441. The van der Waals surface area contributed by atoms with Crippen molar-refractivity contribution in [3.05, 3.63) is 16.3 Å². The minimum Gasteiger partial charge on any atom is -0.383 e. The Kier molecular flexibility index (Phi) is 5.39. The van der Waals surface area contributed by atoms with Crippen molar-refractivity contribution >= 4 is 17.5 Å². The second kappa shape index (κ2) is 6.81. The van der Waals surface area contributed by atoms with Gasteiger partial charge in [-0.2, -0.15) is 4.98 Å². The Morgan fingerprint density at radius 2 is 2.37 bits per heavy atom. The van der Waals surface area contributed by atoms with Crippen molar-refractivity contribution < 1.29 is 9.66 Å². The van der Waals surface area contributed by atoms with Crippen LogP contribution in [0.25, 0.3) is 0 Å². The molecule has 0 aliphatic heterocycles. The van der Waals surface area contributed by atoms with Gasteiger partial charge in [-0.15, -0.1) is 0 Å². The monoisotopic (exact) mass is 270 g/mol. The summed E-state index contributed by atoms with van der Waals surface area (Å²) in [5.41, 5.74) is 2.12. The first kappa shape index (κ1) is 15.1. The first-order chi connectivity index (χ1) is 9.04. The third-order valence-corrected chi connectivity index (χ3v) is 2.63. The van der Waals surface area contributed by atoms with Crippen molar-refractivity contribution in [2.45, 2.75) is 19.9 Å². The second-order valence-corrected chi connectivity index (χ2v) is 3.89. The number of ether oxygens (including phenoxy) is 1. The molecule has 1 atom stereocenters. The summed E-state index contributed by atoms with van der Waals surface area (Å²) < 4.78 is 5.07. The highest BCUT2D eigenvalue weighted by molar-refractivity contribution is 5.59. The van der Waals surface area contributed by atoms with Crippen LogP contribution in [-0.2, 0) is 4.74 Å². The SMILES string of the molecule is CCN(c1nc(NN)ncc1[N+](=O)[O-])C(C)COC. The van der Waals surface area contributed by atoms with Crippen LogP contribution in [0.5, 0.6) is 0 Å². The number of rotatable bonds is 7. The number of aromatic nitrogens is 2. The molecule has 0 bridgehead atoms. The number of nitrogen functional groups attached to an aromatic ring is 1. The molecule has 1 heterocycles. The summed E-state index contributed by atoms with van der Waals surface area (Å²) in [4.78, 5) is 20.1. The largest absolute Gasteiger partial charge is 0.383 e. The van der Waals surface area contributed by atoms with E-state index in [1.165, 1.54) is 0 Å². The highest BCUT2D eigenvalue weighted by Gasteiger charge is 2.25. The first-order valence-electron chi connectivity index (χ1n) is 5.78. The van der Waals surface area contributed by atoms with Gasteiger partial charge >= 0.3 is 5.69 Å². The maximum atomic E-state index is 11.0. The van der Waals surface area contributed by atoms with Crippen LogP contribution in [0.4, 0.5) is 17.5 Å². The molecule has 0 saturated carbocycles. The van der Waals surface area contributed by atoms with Crippen molar-refractivity contribution in [3.8, 4) is 0 Å². The third kappa shape index (κ3) is 3.48. The highest BCUT2D eigenvalue weighted by Crippen LogP contribution is 2.27. The number of nitro groups is 1. The predicted molar refractivity (Wildman–Crippen MR) is 70.9 cm³/mol. The molecule has 0 amide bonds. The van der Waals surface area contributed by atoms with Gasteiger partial charge in [-0.3, -0.25) is 15.5 Å². The maximum Gasteiger partial charge on any atom is 0.329 e. The highest BCUT2D eigenvalue weighted by atomic mass is 16.6. The van der Waals surface area contributed by atoms with Crippen molar-refractivity contribution in [1.82, 2.24) is 9.97 Å². The number of nitrogens with one attached hydrogen (secondary N) is 1. The van der Waals surface area contributed by atoms with E-state index >= 15 is 0 Å². The lowest BCUT2D eigenvalue weighted by molar-refractivity contribution is -0.384. The fourth-order valence-corrected chi connectivity index (χ4v) is 1.78. The molecule has 9 nitrogen and oxygen atoms in total. The summed E-state index contributed by atoms with van der Waals surface area (Å²) in [6.07, 6.45) is 1.14. The van der Waals surface area contributed by atoms with Crippen LogP contribution in [0.15, 0.2) is 6.20 Å². The topological polar surface area (TPSA) is 119 Å². The number of hydrazine groups is 1. The van der Waals surface area contributed by atoms with E-state index < -0.39 is 4.92 Å². The van der Waals surface area contributed by atoms with Gasteiger partial charge in [-0.25, -0.2) is 10.8 Å². The Balaban J connectivity index is 3.22. The van der Waals surface area contributed by atoms with Crippen LogP contribution < -0.4 is 16.2 Å². The van der Waals surface area contributed by atoms with Crippen molar-refractivity contribution in [2.75, 3.05) is 30.6 Å². The van der Waals surface area contributed by atoms with Crippen LogP contribution >= 0.6 is 0 Å². The van der Waals surface area contributed by atoms with Gasteiger partial charge in [0.15, 0.2) is 0 Å². The van der Waals surface area contributed by atoms with E-state index in [4.69, 9.17) is 10.6 Å². The lowest BCUT2D eigenvalue weighted by Crippen LogP contribution is -2.37. The summed E-state index contributed by atoms with van der Waals surface area (Å²) >= 11 is 0. The molecule has 1 aromatic rings. The molecule has 0 aliphatic carbocycles. The Morgan fingerprint density at radius 3 is 2.84 bits per heavy atom. The number of hydrogen-bond donors (Lipinski definition) is 2. The number of likely N-dealkylation sites (N-methyl/N-ethyl adjacent to an activating group) is 1. The summed E-state index contributed by atoms with van der Waals surface area (Å²) in [6.45, 7) is 4.76. The van der Waals surface area contributed by atoms with Gasteiger partial charge in [0, 0.05) is 13.7 Å². The Labute approximate surface area is 110 Å². The van der Waals surface area contributed by atoms with Crippen LogP contribution in [0.1, 0.15) is 13.8 Å². The van der Waals surface area contributed by atoms with E-state index in [1.54, 1.807) is 12.0 Å². The third-order valence-electron chi connectivity index (χ3n) is 2.63. The average molecular weight is 270 g/mol. The number of methoxy groups -OCH3 is 1. The van der Waals surface area contributed by atoms with E-state index in [1.807, 2.05) is 13.8 Å². The predicted octanol–water partition coefficient (Wildman–Crippen LogP) is 0.532. The van der Waals surface area contributed by atoms with E-state index in [0.717, 1.165) is 6.20 Å². The van der Waals surface area contributed by atoms with Crippen molar-refractivity contribution in [3.63, 3.8) is 0 Å².